The fourth-order valence-electron chi connectivity index (χ4n) is 6.79. The first-order chi connectivity index (χ1) is 24.5. The second-order valence-corrected chi connectivity index (χ2v) is 14.8. The molecule has 6 rings (SSSR count). The Bertz CT molecular complexity index is 2560. The zero-order valence-corrected chi connectivity index (χ0v) is 29.3. The van der Waals surface area contributed by atoms with E-state index in [1.54, 1.807) is 36.4 Å². The fourth-order valence-corrected chi connectivity index (χ4v) is 8.54. The Morgan fingerprint density at radius 3 is 1.25 bits per heavy atom. The number of nitrogens with one attached hydrogen (secondary N) is 2. The number of anilines is 2. The van der Waals surface area contributed by atoms with E-state index in [0.29, 0.717) is 24.0 Å². The van der Waals surface area contributed by atoms with Gasteiger partial charge in [-0.25, -0.2) is 11.1 Å². The lowest BCUT2D eigenvalue weighted by molar-refractivity contribution is 0.472. The van der Waals surface area contributed by atoms with Crippen LogP contribution in [0.3, 0.4) is 0 Å². The summed E-state index contributed by atoms with van der Waals surface area (Å²) in [7, 11) is -10.1. The van der Waals surface area contributed by atoms with Gasteiger partial charge in [0.25, 0.3) is 20.2 Å². The first-order valence-corrected chi connectivity index (χ1v) is 18.6. The molecule has 0 aliphatic carbocycles. The maximum Gasteiger partial charge on any atom is 0.297 e. The maximum absolute atomic E-state index is 12.8. The van der Waals surface area contributed by atoms with E-state index < -0.39 is 52.9 Å². The number of phenolic OH excluding ortho intramolecular Hbond substituents is 2. The van der Waals surface area contributed by atoms with Crippen molar-refractivity contribution in [2.24, 2.45) is 10.2 Å². The lowest BCUT2D eigenvalue weighted by Gasteiger charge is -2.20. The van der Waals surface area contributed by atoms with Crippen molar-refractivity contribution in [2.45, 2.75) is 36.5 Å². The third-order valence-corrected chi connectivity index (χ3v) is 10.9. The van der Waals surface area contributed by atoms with Crippen LogP contribution < -0.4 is 11.5 Å². The number of aryl methyl sites for hydroxylation is 2. The summed E-state index contributed by atoms with van der Waals surface area (Å²) < 4.78 is 71.8. The topological polar surface area (TPSA) is 274 Å². The van der Waals surface area contributed by atoms with Gasteiger partial charge in [0, 0.05) is 33.3 Å². The predicted octanol–water partition coefficient (Wildman–Crippen LogP) is 8.51. The summed E-state index contributed by atoms with van der Waals surface area (Å²) in [6, 6.07) is 19.1. The molecule has 52 heavy (non-hydrogen) atoms. The van der Waals surface area contributed by atoms with Crippen LogP contribution in [-0.2, 0) is 33.1 Å². The van der Waals surface area contributed by atoms with Gasteiger partial charge >= 0.3 is 0 Å². The highest BCUT2D eigenvalue weighted by Crippen LogP contribution is 2.50. The molecule has 14 nitrogen and oxygen atoms in total. The van der Waals surface area contributed by atoms with E-state index in [1.165, 1.54) is 36.4 Å². The fraction of sp³-hybridized carbons (Fsp3) is 0.111. The van der Waals surface area contributed by atoms with Crippen molar-refractivity contribution in [1.29, 1.82) is 11.1 Å². The number of nitrogens with zero attached hydrogens (tertiary/aromatic N) is 2. The summed E-state index contributed by atoms with van der Waals surface area (Å²) in [5, 5.41) is 29.0. The summed E-state index contributed by atoms with van der Waals surface area (Å²) in [5.74, 6) is -1.21. The van der Waals surface area contributed by atoms with E-state index in [4.69, 9.17) is 22.5 Å². The Labute approximate surface area is 297 Å². The number of rotatable bonds is 9. The van der Waals surface area contributed by atoms with Crippen LogP contribution in [0.4, 0.5) is 22.7 Å². The van der Waals surface area contributed by atoms with Crippen LogP contribution >= 0.6 is 0 Å². The first kappa shape index (κ1) is 35.9. The van der Waals surface area contributed by atoms with Gasteiger partial charge in [-0.05, 0) is 93.4 Å². The van der Waals surface area contributed by atoms with Crippen molar-refractivity contribution in [1.82, 2.24) is 0 Å². The highest BCUT2D eigenvalue weighted by Gasteiger charge is 2.31. The van der Waals surface area contributed by atoms with Crippen LogP contribution in [0.25, 0.3) is 54.9 Å². The molecule has 0 bridgehead atoms. The van der Waals surface area contributed by atoms with Crippen molar-refractivity contribution in [3.8, 4) is 44.9 Å². The number of hydrogen-bond acceptors (Lipinski definition) is 12. The summed E-state index contributed by atoms with van der Waals surface area (Å²) in [6.07, 6.45) is 0.901. The third-order valence-electron chi connectivity index (χ3n) is 9.05. The minimum Gasteiger partial charge on any atom is -0.505 e. The molecule has 266 valence electrons. The molecule has 0 amide bonds. The van der Waals surface area contributed by atoms with Gasteiger partial charge in [0.15, 0.2) is 11.5 Å². The smallest absolute Gasteiger partial charge is 0.297 e. The molecular formula is C36H32N6O8S2. The van der Waals surface area contributed by atoms with Gasteiger partial charge in [0.2, 0.25) is 0 Å². The van der Waals surface area contributed by atoms with Crippen LogP contribution in [0.2, 0.25) is 0 Å². The minimum absolute atomic E-state index is 0.00671. The average molecular weight is 741 g/mol. The number of aromatic hydroxyl groups is 2. The molecule has 6 aromatic rings. The number of phenols is 2. The van der Waals surface area contributed by atoms with Gasteiger partial charge in [-0.15, -0.1) is 0 Å². The van der Waals surface area contributed by atoms with Crippen LogP contribution in [0.15, 0.2) is 92.8 Å². The van der Waals surface area contributed by atoms with Gasteiger partial charge in [-0.2, -0.15) is 27.1 Å². The molecule has 0 aliphatic heterocycles. The molecular weight excluding hydrogens is 709 g/mol. The van der Waals surface area contributed by atoms with Gasteiger partial charge in [0.05, 0.1) is 0 Å². The Balaban J connectivity index is 1.62. The van der Waals surface area contributed by atoms with Gasteiger partial charge in [0.1, 0.15) is 21.2 Å². The largest absolute Gasteiger partial charge is 0.505 e. The van der Waals surface area contributed by atoms with Crippen LogP contribution in [0.1, 0.15) is 25.0 Å². The second kappa shape index (κ2) is 13.0. The van der Waals surface area contributed by atoms with E-state index in [2.05, 4.69) is 10.2 Å². The van der Waals surface area contributed by atoms with Gasteiger partial charge < -0.3 is 21.7 Å². The van der Waals surface area contributed by atoms with E-state index in [-0.39, 0.29) is 44.0 Å². The third kappa shape index (κ3) is 5.86. The van der Waals surface area contributed by atoms with E-state index in [0.717, 1.165) is 22.3 Å². The molecule has 0 saturated heterocycles. The van der Waals surface area contributed by atoms with Crippen molar-refractivity contribution in [3.05, 3.63) is 83.9 Å². The average Bonchev–Trinajstić information content (AvgIpc) is 3.10. The Hall–Kier alpha value is -5.94. The van der Waals surface area contributed by atoms with Crippen LogP contribution in [0.5, 0.6) is 11.5 Å². The van der Waals surface area contributed by atoms with Crippen molar-refractivity contribution in [2.75, 3.05) is 11.5 Å². The van der Waals surface area contributed by atoms with Crippen LogP contribution in [-0.4, -0.2) is 36.2 Å². The molecule has 6 aromatic carbocycles. The Morgan fingerprint density at radius 1 is 0.577 bits per heavy atom. The van der Waals surface area contributed by atoms with Gasteiger partial charge in [-0.1, -0.05) is 50.2 Å². The molecule has 0 fully saturated rings. The quantitative estimate of drug-likeness (QED) is 0.0397. The monoisotopic (exact) mass is 740 g/mol. The minimum atomic E-state index is -5.03. The maximum atomic E-state index is 12.8. The van der Waals surface area contributed by atoms with E-state index in [9.17, 15) is 36.2 Å². The normalized spacial score (nSPS) is 12.0. The summed E-state index contributed by atoms with van der Waals surface area (Å²) >= 11 is 0. The highest BCUT2D eigenvalue weighted by molar-refractivity contribution is 7.86. The number of nitrogen functional groups attached to an aromatic ring is 2. The first-order valence-electron chi connectivity index (χ1n) is 15.7. The molecule has 0 unspecified atom stereocenters. The molecule has 16 heteroatoms. The highest BCUT2D eigenvalue weighted by atomic mass is 32.2. The summed E-state index contributed by atoms with van der Waals surface area (Å²) in [4.78, 5) is -1.50. The zero-order valence-electron chi connectivity index (χ0n) is 27.6. The molecule has 0 aromatic heterocycles. The van der Waals surface area contributed by atoms with Crippen molar-refractivity contribution < 1.29 is 36.2 Å². The van der Waals surface area contributed by atoms with E-state index >= 15 is 0 Å². The number of fused-ring (bicyclic) bond motifs is 2. The molecule has 0 saturated carbocycles. The Kier molecular flexibility index (Phi) is 8.96. The molecule has 0 heterocycles. The number of nitrogens with two attached hydrogens (primary N) is 2. The number of benzene rings is 6. The SMILES string of the molecule is CCc1cc(-c2c(S(=O)(=O)O)c(N=N)c(O)c3ccc(N)cc23)ccc1-c1ccc(-c2c(S(=O)(=O)O)c(N=N)c(O)c3ccc(N)cc23)cc1CC. The second-order valence-electron chi connectivity index (χ2n) is 12.0. The Morgan fingerprint density at radius 2 is 0.942 bits per heavy atom. The molecule has 0 radical (unpaired) electrons. The lowest BCUT2D eigenvalue weighted by Crippen LogP contribution is -2.04. The predicted molar refractivity (Wildman–Crippen MR) is 198 cm³/mol. The number of hydrogen-bond donors (Lipinski definition) is 8. The molecule has 0 spiro atoms. The van der Waals surface area contributed by atoms with Crippen molar-refractivity contribution in [3.63, 3.8) is 0 Å². The molecule has 10 N–H and O–H groups in total. The molecule has 0 aliphatic rings. The molecule has 0 atom stereocenters. The summed E-state index contributed by atoms with van der Waals surface area (Å²) in [5.41, 5.74) is 30.3. The van der Waals surface area contributed by atoms with Gasteiger partial charge in [-0.3, -0.25) is 9.11 Å². The van der Waals surface area contributed by atoms with E-state index in [1.807, 2.05) is 13.8 Å². The van der Waals surface area contributed by atoms with Crippen molar-refractivity contribution >= 4 is 64.5 Å². The summed E-state index contributed by atoms with van der Waals surface area (Å²) in [6.45, 7) is 3.78. The standard InChI is InChI=1S/C36H32N6O8S2/c1-3-17-13-19(29-27-15-21(37)7-11-25(27)33(43)31(41-39)35(29)51(45,46)47)5-9-23(17)24-10-6-20(14-18(24)4-2)30-28-16-22(38)8-12-26(28)34(44)32(42-40)36(30)52(48,49)50/h5-16,39-40,43-44H,3-4,37-38H2,1-2H3,(H,45,46,47)(H,48,49,50). The van der Waals surface area contributed by atoms with Crippen LogP contribution in [0, 0.1) is 11.1 Å². The lowest BCUT2D eigenvalue weighted by atomic mass is 9.87. The zero-order chi connectivity index (χ0) is 37.9.